The highest BCUT2D eigenvalue weighted by Crippen LogP contribution is 2.22. The molecule has 0 saturated carbocycles. The van der Waals surface area contributed by atoms with Gasteiger partial charge in [-0.2, -0.15) is 0 Å². The first-order valence-electron chi connectivity index (χ1n) is 9.14. The Morgan fingerprint density at radius 2 is 1.96 bits per heavy atom. The molecule has 2 rings (SSSR count). The number of nitrogens with zero attached hydrogens (tertiary/aromatic N) is 1. The highest BCUT2D eigenvalue weighted by Gasteiger charge is 2.21. The number of anilines is 1. The van der Waals surface area contributed by atoms with Gasteiger partial charge in [0.25, 0.3) is 5.91 Å². The minimum atomic E-state index is -0.399. The number of nitrogens with one attached hydrogen (secondary N) is 1. The van der Waals surface area contributed by atoms with Crippen LogP contribution in [-0.2, 0) is 13.0 Å². The summed E-state index contributed by atoms with van der Waals surface area (Å²) in [4.78, 5) is 25.6. The fourth-order valence-corrected chi connectivity index (χ4v) is 3.23. The largest absolute Gasteiger partial charge is 0.348 e. The Morgan fingerprint density at radius 3 is 2.58 bits per heavy atom. The summed E-state index contributed by atoms with van der Waals surface area (Å²) in [5, 5.41) is 3.25. The fraction of sp³-hybridized carbons (Fsp3) is 0.429. The number of pyridine rings is 1. The van der Waals surface area contributed by atoms with Crippen LogP contribution in [-0.4, -0.2) is 10.5 Å². The summed E-state index contributed by atoms with van der Waals surface area (Å²) in [6.45, 7) is 9.04. The number of hydrogen-bond donors (Lipinski definition) is 1. The maximum atomic E-state index is 12.9. The summed E-state index contributed by atoms with van der Waals surface area (Å²) in [7, 11) is 0. The van der Waals surface area contributed by atoms with Crippen molar-refractivity contribution in [2.75, 3.05) is 5.32 Å². The molecule has 0 atom stereocenters. The number of carbonyl (C=O) groups is 1. The molecule has 2 aromatic rings. The third-order valence-electron chi connectivity index (χ3n) is 4.31. The first-order chi connectivity index (χ1) is 12.3. The third kappa shape index (κ3) is 4.76. The Labute approximate surface area is 160 Å². The van der Waals surface area contributed by atoms with Crippen LogP contribution in [0.4, 0.5) is 5.69 Å². The van der Waals surface area contributed by atoms with Crippen molar-refractivity contribution >= 4 is 23.2 Å². The molecule has 1 amide bonds. The number of amides is 1. The fourth-order valence-electron chi connectivity index (χ4n) is 3.05. The lowest BCUT2D eigenvalue weighted by molar-refractivity contribution is 0.102. The van der Waals surface area contributed by atoms with Crippen molar-refractivity contribution in [3.05, 3.63) is 62.5 Å². The Kier molecular flexibility index (Phi) is 7.04. The zero-order valence-electron chi connectivity index (χ0n) is 15.9. The van der Waals surface area contributed by atoms with E-state index in [0.29, 0.717) is 23.0 Å². The van der Waals surface area contributed by atoms with Crippen LogP contribution in [0.1, 0.15) is 55.4 Å². The molecule has 1 N–H and O–H groups in total. The van der Waals surface area contributed by atoms with E-state index in [0.717, 1.165) is 30.8 Å². The lowest BCUT2D eigenvalue weighted by Crippen LogP contribution is -2.29. The van der Waals surface area contributed by atoms with E-state index in [-0.39, 0.29) is 11.0 Å². The van der Waals surface area contributed by atoms with E-state index in [1.54, 1.807) is 30.3 Å². The van der Waals surface area contributed by atoms with Crippen LogP contribution in [0.15, 0.2) is 35.1 Å². The molecule has 0 radical (unpaired) electrons. The third-order valence-corrected chi connectivity index (χ3v) is 4.64. The van der Waals surface area contributed by atoms with E-state index in [4.69, 9.17) is 11.6 Å². The lowest BCUT2D eigenvalue weighted by atomic mass is 10.0. The Morgan fingerprint density at radius 1 is 1.27 bits per heavy atom. The van der Waals surface area contributed by atoms with Crippen molar-refractivity contribution in [1.29, 1.82) is 0 Å². The van der Waals surface area contributed by atoms with Crippen molar-refractivity contribution in [2.45, 2.75) is 53.5 Å². The lowest BCUT2D eigenvalue weighted by Gasteiger charge is -2.21. The van der Waals surface area contributed by atoms with Crippen LogP contribution in [0.25, 0.3) is 0 Å². The molecule has 0 aliphatic heterocycles. The number of halogens is 1. The Hall–Kier alpha value is -2.07. The summed E-state index contributed by atoms with van der Waals surface area (Å²) in [5.74, 6) is -0.0695. The topological polar surface area (TPSA) is 51.1 Å². The van der Waals surface area contributed by atoms with Gasteiger partial charge in [-0.05, 0) is 37.8 Å². The average Bonchev–Trinajstić information content (AvgIpc) is 2.56. The summed E-state index contributed by atoms with van der Waals surface area (Å²) in [5.41, 5.74) is 2.20. The van der Waals surface area contributed by atoms with E-state index in [9.17, 15) is 9.59 Å². The van der Waals surface area contributed by atoms with Gasteiger partial charge in [0.15, 0.2) is 5.43 Å². The normalized spacial score (nSPS) is 11.0. The summed E-state index contributed by atoms with van der Waals surface area (Å²) < 4.78 is 2.12. The van der Waals surface area contributed by atoms with Gasteiger partial charge in [-0.1, -0.05) is 50.9 Å². The molecule has 4 nitrogen and oxygen atoms in total. The van der Waals surface area contributed by atoms with E-state index in [1.165, 1.54) is 0 Å². The van der Waals surface area contributed by atoms with Crippen LogP contribution in [0.5, 0.6) is 0 Å². The van der Waals surface area contributed by atoms with Crippen molar-refractivity contribution in [3.8, 4) is 0 Å². The first kappa shape index (κ1) is 20.2. The van der Waals surface area contributed by atoms with Crippen molar-refractivity contribution in [2.24, 2.45) is 5.92 Å². The van der Waals surface area contributed by atoms with Gasteiger partial charge >= 0.3 is 0 Å². The van der Waals surface area contributed by atoms with Gasteiger partial charge < -0.3 is 9.88 Å². The van der Waals surface area contributed by atoms with E-state index >= 15 is 0 Å². The van der Waals surface area contributed by atoms with Crippen LogP contribution in [0.2, 0.25) is 5.02 Å². The van der Waals surface area contributed by atoms with Crippen LogP contribution in [0.3, 0.4) is 0 Å². The van der Waals surface area contributed by atoms with Crippen molar-refractivity contribution in [3.63, 3.8) is 0 Å². The summed E-state index contributed by atoms with van der Waals surface area (Å²) >= 11 is 6.15. The van der Waals surface area contributed by atoms with Crippen LogP contribution in [0, 0.1) is 12.8 Å². The van der Waals surface area contributed by atoms with Crippen molar-refractivity contribution in [1.82, 2.24) is 4.57 Å². The predicted molar refractivity (Wildman–Crippen MR) is 108 cm³/mol. The number of hydrogen-bond acceptors (Lipinski definition) is 2. The van der Waals surface area contributed by atoms with Gasteiger partial charge in [0, 0.05) is 24.0 Å². The molecule has 1 heterocycles. The number of benzene rings is 1. The van der Waals surface area contributed by atoms with E-state index in [1.807, 2.05) is 6.92 Å². The van der Waals surface area contributed by atoms with Gasteiger partial charge in [0.05, 0.1) is 10.7 Å². The molecule has 0 aliphatic rings. The number of carbonyl (C=O) groups excluding carboxylic acids is 1. The second-order valence-electron chi connectivity index (χ2n) is 7.01. The Bertz CT molecular complexity index is 840. The second kappa shape index (κ2) is 9.04. The highest BCUT2D eigenvalue weighted by atomic mass is 35.5. The molecule has 5 heteroatoms. The number of unbranched alkanes of at least 4 members (excludes halogenated alkanes) is 1. The summed E-state index contributed by atoms with van der Waals surface area (Å²) in [6.07, 6.45) is 2.72. The number of aryl methyl sites for hydroxylation is 1. The molecular formula is C21H27ClN2O2. The smallest absolute Gasteiger partial charge is 0.261 e. The van der Waals surface area contributed by atoms with Gasteiger partial charge in [-0.25, -0.2) is 0 Å². The first-order valence-corrected chi connectivity index (χ1v) is 9.52. The predicted octanol–water partition coefficient (Wildman–Crippen LogP) is 5.06. The molecule has 1 aromatic heterocycles. The molecule has 26 heavy (non-hydrogen) atoms. The zero-order chi connectivity index (χ0) is 19.3. The molecule has 140 valence electrons. The van der Waals surface area contributed by atoms with Gasteiger partial charge in [-0.3, -0.25) is 9.59 Å². The molecular weight excluding hydrogens is 348 g/mol. The monoisotopic (exact) mass is 374 g/mol. The minimum absolute atomic E-state index is 0.223. The van der Waals surface area contributed by atoms with E-state index < -0.39 is 5.91 Å². The van der Waals surface area contributed by atoms with Crippen LogP contribution >= 0.6 is 11.6 Å². The number of para-hydroxylation sites is 1. The maximum Gasteiger partial charge on any atom is 0.261 e. The maximum absolute atomic E-state index is 12.9. The molecule has 0 bridgehead atoms. The number of aromatic nitrogens is 1. The van der Waals surface area contributed by atoms with Gasteiger partial charge in [0.2, 0.25) is 0 Å². The molecule has 0 spiro atoms. The van der Waals surface area contributed by atoms with Gasteiger partial charge in [-0.15, -0.1) is 0 Å². The summed E-state index contributed by atoms with van der Waals surface area (Å²) in [6, 6.07) is 8.59. The molecule has 0 unspecified atom stereocenters. The molecule has 1 aromatic carbocycles. The SMILES string of the molecule is CCCCn1c(C)cc(=O)c(C(=O)Nc2ccccc2Cl)c1CC(C)C. The molecule has 0 saturated heterocycles. The van der Waals surface area contributed by atoms with E-state index in [2.05, 4.69) is 30.7 Å². The number of rotatable bonds is 7. The minimum Gasteiger partial charge on any atom is -0.348 e. The molecule has 0 aliphatic carbocycles. The van der Waals surface area contributed by atoms with Crippen LogP contribution < -0.4 is 10.7 Å². The second-order valence-corrected chi connectivity index (χ2v) is 7.42. The zero-order valence-corrected chi connectivity index (χ0v) is 16.7. The van der Waals surface area contributed by atoms with Crippen molar-refractivity contribution < 1.29 is 4.79 Å². The van der Waals surface area contributed by atoms with Gasteiger partial charge in [0.1, 0.15) is 5.56 Å². The quantitative estimate of drug-likeness (QED) is 0.736. The standard InChI is InChI=1S/C21H27ClN2O2/c1-5-6-11-24-15(4)13-19(25)20(18(24)12-14(2)3)21(26)23-17-10-8-7-9-16(17)22/h7-10,13-14H,5-6,11-12H2,1-4H3,(H,23,26). The molecule has 0 fully saturated rings. The average molecular weight is 375 g/mol. The highest BCUT2D eigenvalue weighted by molar-refractivity contribution is 6.33. The Balaban J connectivity index is 2.53.